The van der Waals surface area contributed by atoms with Crippen LogP contribution in [0, 0.1) is 0 Å². The van der Waals surface area contributed by atoms with E-state index < -0.39 is 15.9 Å². The van der Waals surface area contributed by atoms with Crippen molar-refractivity contribution in [3.8, 4) is 0 Å². The number of rotatable bonds is 3. The van der Waals surface area contributed by atoms with E-state index in [9.17, 15) is 13.2 Å². The molecule has 5 nitrogen and oxygen atoms in total. The molecule has 1 N–H and O–H groups in total. The van der Waals surface area contributed by atoms with Gasteiger partial charge in [-0.2, -0.15) is 0 Å². The van der Waals surface area contributed by atoms with Crippen LogP contribution in [0.4, 0.5) is 0 Å². The first-order chi connectivity index (χ1) is 6.44. The normalized spacial score (nSPS) is 11.3. The summed E-state index contributed by atoms with van der Waals surface area (Å²) in [6, 6.07) is 1.44. The SMILES string of the molecule is CCc1occc1C(=O)NS(C)(=O)=O. The van der Waals surface area contributed by atoms with Crippen molar-refractivity contribution in [2.45, 2.75) is 13.3 Å². The molecule has 78 valence electrons. The van der Waals surface area contributed by atoms with Crippen molar-refractivity contribution < 1.29 is 17.6 Å². The van der Waals surface area contributed by atoms with E-state index in [0.717, 1.165) is 6.26 Å². The number of hydrogen-bond acceptors (Lipinski definition) is 4. The van der Waals surface area contributed by atoms with Crippen LogP contribution in [0.3, 0.4) is 0 Å². The van der Waals surface area contributed by atoms with Gasteiger partial charge in [-0.1, -0.05) is 6.92 Å². The van der Waals surface area contributed by atoms with Gasteiger partial charge in [-0.25, -0.2) is 13.1 Å². The number of sulfonamides is 1. The molecule has 0 unspecified atom stereocenters. The standard InChI is InChI=1S/C8H11NO4S/c1-3-7-6(4-5-13-7)8(10)9-14(2,11)12/h4-5H,3H2,1-2H3,(H,9,10). The first-order valence-electron chi connectivity index (χ1n) is 4.02. The number of carbonyl (C=O) groups excluding carboxylic acids is 1. The van der Waals surface area contributed by atoms with Gasteiger partial charge in [0.1, 0.15) is 5.76 Å². The minimum absolute atomic E-state index is 0.262. The van der Waals surface area contributed by atoms with Crippen LogP contribution in [0.1, 0.15) is 23.0 Å². The Labute approximate surface area is 82.2 Å². The average molecular weight is 217 g/mol. The molecule has 0 aliphatic rings. The molecular weight excluding hydrogens is 206 g/mol. The van der Waals surface area contributed by atoms with Crippen LogP contribution in [0.25, 0.3) is 0 Å². The fourth-order valence-corrected chi connectivity index (χ4v) is 1.49. The summed E-state index contributed by atoms with van der Waals surface area (Å²) in [5, 5.41) is 0. The van der Waals surface area contributed by atoms with Gasteiger partial charge in [0.05, 0.1) is 18.1 Å². The summed E-state index contributed by atoms with van der Waals surface area (Å²) in [4.78, 5) is 11.4. The lowest BCUT2D eigenvalue weighted by Crippen LogP contribution is -2.29. The zero-order chi connectivity index (χ0) is 10.8. The van der Waals surface area contributed by atoms with Crippen LogP contribution in [-0.2, 0) is 16.4 Å². The zero-order valence-corrected chi connectivity index (χ0v) is 8.72. The first kappa shape index (κ1) is 10.8. The summed E-state index contributed by atoms with van der Waals surface area (Å²) >= 11 is 0. The molecule has 0 saturated heterocycles. The molecule has 0 fully saturated rings. The van der Waals surface area contributed by atoms with Gasteiger partial charge >= 0.3 is 0 Å². The molecule has 0 aromatic carbocycles. The summed E-state index contributed by atoms with van der Waals surface area (Å²) < 4.78 is 28.4. The van der Waals surface area contributed by atoms with Crippen molar-refractivity contribution in [1.82, 2.24) is 4.72 Å². The quantitative estimate of drug-likeness (QED) is 0.801. The van der Waals surface area contributed by atoms with Crippen LogP contribution in [-0.4, -0.2) is 20.6 Å². The third kappa shape index (κ3) is 2.59. The topological polar surface area (TPSA) is 76.4 Å². The molecule has 1 amide bonds. The maximum atomic E-state index is 11.4. The maximum Gasteiger partial charge on any atom is 0.268 e. The second-order valence-electron chi connectivity index (χ2n) is 2.81. The Kier molecular flexibility index (Phi) is 2.95. The van der Waals surface area contributed by atoms with Crippen molar-refractivity contribution in [3.05, 3.63) is 23.7 Å². The Hall–Kier alpha value is -1.30. The summed E-state index contributed by atoms with van der Waals surface area (Å²) in [6.07, 6.45) is 2.83. The predicted octanol–water partition coefficient (Wildman–Crippen LogP) is 0.531. The van der Waals surface area contributed by atoms with Crippen LogP contribution in [0.2, 0.25) is 0 Å². The fourth-order valence-electron chi connectivity index (χ4n) is 1.04. The lowest BCUT2D eigenvalue weighted by atomic mass is 10.2. The fraction of sp³-hybridized carbons (Fsp3) is 0.375. The highest BCUT2D eigenvalue weighted by Crippen LogP contribution is 2.10. The van der Waals surface area contributed by atoms with Crippen molar-refractivity contribution in [2.24, 2.45) is 0 Å². The molecule has 1 aromatic heterocycles. The van der Waals surface area contributed by atoms with E-state index in [1.165, 1.54) is 12.3 Å². The number of nitrogens with one attached hydrogen (secondary N) is 1. The molecule has 0 saturated carbocycles. The van der Waals surface area contributed by atoms with Gasteiger partial charge in [-0.3, -0.25) is 4.79 Å². The van der Waals surface area contributed by atoms with Crippen molar-refractivity contribution in [2.75, 3.05) is 6.26 Å². The van der Waals surface area contributed by atoms with Gasteiger partial charge in [0, 0.05) is 6.42 Å². The molecule has 0 atom stereocenters. The number of aryl methyl sites for hydroxylation is 1. The van der Waals surface area contributed by atoms with E-state index >= 15 is 0 Å². The van der Waals surface area contributed by atoms with Gasteiger partial charge in [0.2, 0.25) is 10.0 Å². The van der Waals surface area contributed by atoms with E-state index in [-0.39, 0.29) is 5.56 Å². The van der Waals surface area contributed by atoms with Crippen molar-refractivity contribution >= 4 is 15.9 Å². The lowest BCUT2D eigenvalue weighted by Gasteiger charge is -2.01. The predicted molar refractivity (Wildman–Crippen MR) is 50.4 cm³/mol. The largest absolute Gasteiger partial charge is 0.469 e. The van der Waals surface area contributed by atoms with Gasteiger partial charge in [-0.15, -0.1) is 0 Å². The third-order valence-electron chi connectivity index (χ3n) is 1.59. The highest BCUT2D eigenvalue weighted by molar-refractivity contribution is 7.89. The molecule has 0 aliphatic carbocycles. The Morgan fingerprint density at radius 3 is 2.71 bits per heavy atom. The molecule has 0 radical (unpaired) electrons. The second kappa shape index (κ2) is 3.83. The van der Waals surface area contributed by atoms with Crippen LogP contribution in [0.15, 0.2) is 16.7 Å². The van der Waals surface area contributed by atoms with Crippen LogP contribution in [0.5, 0.6) is 0 Å². The smallest absolute Gasteiger partial charge is 0.268 e. The number of hydrogen-bond donors (Lipinski definition) is 1. The lowest BCUT2D eigenvalue weighted by molar-refractivity contribution is 0.0980. The maximum absolute atomic E-state index is 11.4. The minimum Gasteiger partial charge on any atom is -0.469 e. The molecule has 1 aromatic rings. The Balaban J connectivity index is 2.90. The van der Waals surface area contributed by atoms with E-state index in [2.05, 4.69) is 0 Å². The molecule has 6 heteroatoms. The Morgan fingerprint density at radius 2 is 2.21 bits per heavy atom. The summed E-state index contributed by atoms with van der Waals surface area (Å²) in [5.41, 5.74) is 0.262. The minimum atomic E-state index is -3.52. The Morgan fingerprint density at radius 1 is 1.57 bits per heavy atom. The highest BCUT2D eigenvalue weighted by Gasteiger charge is 2.16. The van der Waals surface area contributed by atoms with Gasteiger partial charge in [0.25, 0.3) is 5.91 Å². The summed E-state index contributed by atoms with van der Waals surface area (Å²) in [5.74, 6) is -0.177. The Bertz CT molecular complexity index is 432. The second-order valence-corrected chi connectivity index (χ2v) is 4.56. The summed E-state index contributed by atoms with van der Waals surface area (Å²) in [6.45, 7) is 1.82. The van der Waals surface area contributed by atoms with E-state index in [1.807, 2.05) is 11.6 Å². The van der Waals surface area contributed by atoms with Gasteiger partial charge in [0.15, 0.2) is 0 Å². The van der Waals surface area contributed by atoms with E-state index in [1.54, 1.807) is 0 Å². The number of amides is 1. The average Bonchev–Trinajstić information content (AvgIpc) is 2.47. The highest BCUT2D eigenvalue weighted by atomic mass is 32.2. The molecule has 0 bridgehead atoms. The molecule has 0 spiro atoms. The van der Waals surface area contributed by atoms with Gasteiger partial charge < -0.3 is 4.42 Å². The number of furan rings is 1. The van der Waals surface area contributed by atoms with Gasteiger partial charge in [-0.05, 0) is 6.07 Å². The third-order valence-corrected chi connectivity index (χ3v) is 2.15. The molecule has 14 heavy (non-hydrogen) atoms. The monoisotopic (exact) mass is 217 g/mol. The number of carbonyl (C=O) groups is 1. The molecule has 1 heterocycles. The van der Waals surface area contributed by atoms with E-state index in [0.29, 0.717) is 12.2 Å². The zero-order valence-electron chi connectivity index (χ0n) is 7.90. The van der Waals surface area contributed by atoms with Crippen molar-refractivity contribution in [1.29, 1.82) is 0 Å². The molecule has 1 rings (SSSR count). The van der Waals surface area contributed by atoms with Crippen LogP contribution >= 0.6 is 0 Å². The van der Waals surface area contributed by atoms with Crippen molar-refractivity contribution in [3.63, 3.8) is 0 Å². The molecular formula is C8H11NO4S. The van der Waals surface area contributed by atoms with E-state index in [4.69, 9.17) is 4.42 Å². The van der Waals surface area contributed by atoms with Crippen LogP contribution < -0.4 is 4.72 Å². The summed E-state index contributed by atoms with van der Waals surface area (Å²) in [7, 11) is -3.52. The first-order valence-corrected chi connectivity index (χ1v) is 5.91. The molecule has 0 aliphatic heterocycles.